The van der Waals surface area contributed by atoms with E-state index in [-0.39, 0.29) is 17.5 Å². The molecule has 1 aliphatic rings. The van der Waals surface area contributed by atoms with Crippen LogP contribution in [0.3, 0.4) is 0 Å². The van der Waals surface area contributed by atoms with Crippen LogP contribution in [0.15, 0.2) is 18.2 Å². The Morgan fingerprint density at radius 1 is 1.35 bits per heavy atom. The summed E-state index contributed by atoms with van der Waals surface area (Å²) in [7, 11) is 0. The van der Waals surface area contributed by atoms with Crippen molar-refractivity contribution >= 4 is 17.1 Å². The lowest BCUT2D eigenvalue weighted by Gasteiger charge is -2.27. The average Bonchev–Trinajstić information content (AvgIpc) is 2.89. The number of aromatic amines is 1. The predicted molar refractivity (Wildman–Crippen MR) is 77.3 cm³/mol. The lowest BCUT2D eigenvalue weighted by molar-refractivity contribution is -0.137. The number of nitrogens with zero attached hydrogens (tertiary/aromatic N) is 1. The lowest BCUT2D eigenvalue weighted by atomic mass is 9.85. The zero-order chi connectivity index (χ0) is 16.6. The van der Waals surface area contributed by atoms with Gasteiger partial charge in [0.15, 0.2) is 0 Å². The van der Waals surface area contributed by atoms with Gasteiger partial charge in [0.1, 0.15) is 5.82 Å². The highest BCUT2D eigenvalue weighted by Gasteiger charge is 2.31. The van der Waals surface area contributed by atoms with Crippen molar-refractivity contribution in [1.82, 2.24) is 15.3 Å². The maximum absolute atomic E-state index is 12.7. The molecular formula is C15H16F3N3O2. The molecule has 1 aliphatic carbocycles. The van der Waals surface area contributed by atoms with Crippen LogP contribution in [0.5, 0.6) is 0 Å². The molecule has 0 spiro atoms. The summed E-state index contributed by atoms with van der Waals surface area (Å²) in [6, 6.07) is 3.29. The summed E-state index contributed by atoms with van der Waals surface area (Å²) < 4.78 is 38.2. The van der Waals surface area contributed by atoms with Gasteiger partial charge in [0.25, 0.3) is 0 Å². The third-order valence-corrected chi connectivity index (χ3v) is 4.22. The first-order valence-corrected chi connectivity index (χ1v) is 7.39. The number of hydrogen-bond acceptors (Lipinski definition) is 2. The number of carboxylic acid groups (broad SMARTS) is 1. The smallest absolute Gasteiger partial charge is 0.416 e. The number of aromatic nitrogens is 2. The van der Waals surface area contributed by atoms with Gasteiger partial charge in [0.2, 0.25) is 0 Å². The monoisotopic (exact) mass is 327 g/mol. The fraction of sp³-hybridized carbons (Fsp3) is 0.467. The molecule has 2 aromatic rings. The minimum absolute atomic E-state index is 0.0161. The molecule has 3 N–H and O–H groups in total. The first kappa shape index (κ1) is 15.6. The van der Waals surface area contributed by atoms with E-state index in [0.29, 0.717) is 17.8 Å². The van der Waals surface area contributed by atoms with Crippen molar-refractivity contribution in [3.05, 3.63) is 29.6 Å². The Bertz CT molecular complexity index is 726. The van der Waals surface area contributed by atoms with Gasteiger partial charge >= 0.3 is 12.3 Å². The first-order chi connectivity index (χ1) is 10.8. The minimum atomic E-state index is -4.39. The van der Waals surface area contributed by atoms with Gasteiger partial charge in [-0.05, 0) is 37.5 Å². The number of alkyl halides is 3. The molecule has 1 fully saturated rings. The highest BCUT2D eigenvalue weighted by molar-refractivity contribution is 5.76. The number of rotatable bonds is 2. The van der Waals surface area contributed by atoms with Crippen molar-refractivity contribution in [2.75, 3.05) is 0 Å². The Balaban J connectivity index is 1.84. The molecule has 23 heavy (non-hydrogen) atoms. The van der Waals surface area contributed by atoms with E-state index in [1.807, 2.05) is 0 Å². The molecule has 2 atom stereocenters. The molecule has 8 heteroatoms. The molecule has 3 rings (SSSR count). The van der Waals surface area contributed by atoms with Crippen molar-refractivity contribution in [3.63, 3.8) is 0 Å². The average molecular weight is 327 g/mol. The number of imidazole rings is 1. The molecule has 0 unspecified atom stereocenters. The van der Waals surface area contributed by atoms with Crippen LogP contribution < -0.4 is 5.32 Å². The Morgan fingerprint density at radius 2 is 2.13 bits per heavy atom. The fourth-order valence-corrected chi connectivity index (χ4v) is 3.14. The number of carbonyl (C=O) groups is 1. The summed E-state index contributed by atoms with van der Waals surface area (Å²) in [5.41, 5.74) is 0.113. The standard InChI is InChI=1S/C15H16F3N3O2/c16-15(17,18)9-4-5-11-12(7-9)21-13(20-11)8-2-1-3-10(6-8)19-14(22)23/h4-5,7-8,10,19H,1-3,6H2,(H,20,21)(H,22,23)/t8-,10+/m0/s1. The molecule has 5 nitrogen and oxygen atoms in total. The normalized spacial score (nSPS) is 22.2. The first-order valence-electron chi connectivity index (χ1n) is 7.39. The van der Waals surface area contributed by atoms with Gasteiger partial charge in [-0.2, -0.15) is 13.2 Å². The molecule has 1 amide bonds. The van der Waals surface area contributed by atoms with Crippen molar-refractivity contribution < 1.29 is 23.1 Å². The van der Waals surface area contributed by atoms with E-state index in [2.05, 4.69) is 15.3 Å². The Hall–Kier alpha value is -2.25. The SMILES string of the molecule is O=C(O)N[C@@H]1CCC[C@H](c2nc3cc(C(F)(F)F)ccc3[nH]2)C1. The summed E-state index contributed by atoms with van der Waals surface area (Å²) in [6.45, 7) is 0. The van der Waals surface area contributed by atoms with Gasteiger partial charge in [-0.25, -0.2) is 9.78 Å². The van der Waals surface area contributed by atoms with Crippen LogP contribution in [0.25, 0.3) is 11.0 Å². The maximum Gasteiger partial charge on any atom is 0.416 e. The van der Waals surface area contributed by atoms with Crippen LogP contribution in [0.1, 0.15) is 43.0 Å². The van der Waals surface area contributed by atoms with Gasteiger partial charge in [-0.1, -0.05) is 6.42 Å². The predicted octanol–water partition coefficient (Wildman–Crippen LogP) is 3.88. The van der Waals surface area contributed by atoms with Crippen molar-refractivity contribution in [2.24, 2.45) is 0 Å². The van der Waals surface area contributed by atoms with E-state index in [4.69, 9.17) is 5.11 Å². The molecule has 1 saturated carbocycles. The highest BCUT2D eigenvalue weighted by Crippen LogP contribution is 2.34. The molecule has 0 aliphatic heterocycles. The zero-order valence-electron chi connectivity index (χ0n) is 12.2. The molecule has 0 bridgehead atoms. The third kappa shape index (κ3) is 3.40. The minimum Gasteiger partial charge on any atom is -0.465 e. The van der Waals surface area contributed by atoms with Gasteiger partial charge in [0, 0.05) is 12.0 Å². The van der Waals surface area contributed by atoms with E-state index >= 15 is 0 Å². The maximum atomic E-state index is 12.7. The van der Waals surface area contributed by atoms with Gasteiger partial charge in [0.05, 0.1) is 16.6 Å². The second-order valence-electron chi connectivity index (χ2n) is 5.86. The molecule has 0 radical (unpaired) electrons. The summed E-state index contributed by atoms with van der Waals surface area (Å²) in [5.74, 6) is 0.638. The Labute approximate surface area is 129 Å². The number of benzene rings is 1. The molecule has 1 aromatic carbocycles. The van der Waals surface area contributed by atoms with Crippen LogP contribution in [0.4, 0.5) is 18.0 Å². The van der Waals surface area contributed by atoms with Crippen LogP contribution in [0.2, 0.25) is 0 Å². The van der Waals surface area contributed by atoms with Crippen LogP contribution in [-0.4, -0.2) is 27.2 Å². The fourth-order valence-electron chi connectivity index (χ4n) is 3.14. The van der Waals surface area contributed by atoms with Gasteiger partial charge < -0.3 is 15.4 Å². The molecule has 1 heterocycles. The van der Waals surface area contributed by atoms with Crippen molar-refractivity contribution in [3.8, 4) is 0 Å². The molecule has 1 aromatic heterocycles. The van der Waals surface area contributed by atoms with Crippen LogP contribution in [0, 0.1) is 0 Å². The number of nitrogens with one attached hydrogen (secondary N) is 2. The molecule has 124 valence electrons. The quantitative estimate of drug-likeness (QED) is 0.783. The number of halogens is 3. The molecule has 0 saturated heterocycles. The summed E-state index contributed by atoms with van der Waals surface area (Å²) >= 11 is 0. The summed E-state index contributed by atoms with van der Waals surface area (Å²) in [5, 5.41) is 11.3. The van der Waals surface area contributed by atoms with E-state index in [1.54, 1.807) is 0 Å². The largest absolute Gasteiger partial charge is 0.465 e. The number of hydrogen-bond donors (Lipinski definition) is 3. The Morgan fingerprint density at radius 3 is 2.83 bits per heavy atom. The number of H-pyrrole nitrogens is 1. The summed E-state index contributed by atoms with van der Waals surface area (Å²) in [4.78, 5) is 18.1. The Kier molecular flexibility index (Phi) is 3.91. The second kappa shape index (κ2) is 5.75. The van der Waals surface area contributed by atoms with E-state index < -0.39 is 17.8 Å². The zero-order valence-corrected chi connectivity index (χ0v) is 12.2. The van der Waals surface area contributed by atoms with E-state index in [0.717, 1.165) is 31.4 Å². The van der Waals surface area contributed by atoms with Crippen LogP contribution >= 0.6 is 0 Å². The third-order valence-electron chi connectivity index (χ3n) is 4.22. The van der Waals surface area contributed by atoms with E-state index in [1.165, 1.54) is 6.07 Å². The van der Waals surface area contributed by atoms with Crippen molar-refractivity contribution in [1.29, 1.82) is 0 Å². The second-order valence-corrected chi connectivity index (χ2v) is 5.86. The van der Waals surface area contributed by atoms with Crippen molar-refractivity contribution in [2.45, 2.75) is 43.8 Å². The van der Waals surface area contributed by atoms with E-state index in [9.17, 15) is 18.0 Å². The number of amides is 1. The number of fused-ring (bicyclic) bond motifs is 1. The topological polar surface area (TPSA) is 78.0 Å². The van der Waals surface area contributed by atoms with Crippen LogP contribution in [-0.2, 0) is 6.18 Å². The lowest BCUT2D eigenvalue weighted by Crippen LogP contribution is -2.37. The molecular weight excluding hydrogens is 311 g/mol. The summed E-state index contributed by atoms with van der Waals surface area (Å²) in [6.07, 6.45) is -2.41. The van der Waals surface area contributed by atoms with Gasteiger partial charge in [-0.15, -0.1) is 0 Å². The highest BCUT2D eigenvalue weighted by atomic mass is 19.4. The van der Waals surface area contributed by atoms with Gasteiger partial charge in [-0.3, -0.25) is 0 Å².